The Morgan fingerprint density at radius 1 is 1.00 bits per heavy atom. The molecule has 0 aliphatic heterocycles. The number of hydrogen-bond donors (Lipinski definition) is 0. The normalized spacial score (nSPS) is 26.9. The van der Waals surface area contributed by atoms with Crippen LogP contribution in [0, 0.1) is 23.6 Å². The van der Waals surface area contributed by atoms with Crippen LogP contribution < -0.4 is 0 Å². The van der Waals surface area contributed by atoms with Crippen LogP contribution in [0.5, 0.6) is 0 Å². The summed E-state index contributed by atoms with van der Waals surface area (Å²) >= 11 is 0. The molecular formula is C29H39F. The summed E-state index contributed by atoms with van der Waals surface area (Å²) < 4.78 is 15.1. The lowest BCUT2D eigenvalue weighted by atomic mass is 9.63. The van der Waals surface area contributed by atoms with Gasteiger partial charge in [-0.3, -0.25) is 0 Å². The van der Waals surface area contributed by atoms with E-state index in [2.05, 4.69) is 43.3 Å². The molecule has 0 heterocycles. The summed E-state index contributed by atoms with van der Waals surface area (Å²) in [6.07, 6.45) is 18.6. The number of aryl methyl sites for hydroxylation is 1. The van der Waals surface area contributed by atoms with Crippen LogP contribution in [0.4, 0.5) is 4.39 Å². The SMILES string of the molecule is C/C=C/CCc1ccc2cc(C3CCC4CC(CCCC)CCC4C3)cc(F)c2c1. The molecule has 4 unspecified atom stereocenters. The van der Waals surface area contributed by atoms with Gasteiger partial charge in [-0.15, -0.1) is 0 Å². The Labute approximate surface area is 183 Å². The maximum absolute atomic E-state index is 15.1. The second-order valence-electron chi connectivity index (χ2n) is 10.0. The first-order valence-corrected chi connectivity index (χ1v) is 12.5. The van der Waals surface area contributed by atoms with Crippen molar-refractivity contribution in [1.29, 1.82) is 0 Å². The molecule has 2 aliphatic carbocycles. The molecule has 2 saturated carbocycles. The van der Waals surface area contributed by atoms with Crippen molar-refractivity contribution in [2.24, 2.45) is 17.8 Å². The third-order valence-corrected chi connectivity index (χ3v) is 7.98. The number of hydrogen-bond acceptors (Lipinski definition) is 0. The fourth-order valence-electron chi connectivity index (χ4n) is 6.23. The fourth-order valence-corrected chi connectivity index (χ4v) is 6.23. The molecule has 2 fully saturated rings. The van der Waals surface area contributed by atoms with Gasteiger partial charge >= 0.3 is 0 Å². The Morgan fingerprint density at radius 2 is 1.83 bits per heavy atom. The predicted octanol–water partition coefficient (Wildman–Crippen LogP) is 8.98. The third-order valence-electron chi connectivity index (χ3n) is 7.98. The number of halogens is 1. The minimum absolute atomic E-state index is 0.0271. The van der Waals surface area contributed by atoms with E-state index in [0.717, 1.165) is 41.4 Å². The maximum atomic E-state index is 15.1. The van der Waals surface area contributed by atoms with Crippen LogP contribution in [-0.4, -0.2) is 0 Å². The first kappa shape index (κ1) is 21.6. The van der Waals surface area contributed by atoms with Gasteiger partial charge in [-0.2, -0.15) is 0 Å². The van der Waals surface area contributed by atoms with Crippen LogP contribution in [0.3, 0.4) is 0 Å². The summed E-state index contributed by atoms with van der Waals surface area (Å²) in [6.45, 7) is 4.36. The van der Waals surface area contributed by atoms with E-state index in [1.54, 1.807) is 0 Å². The first-order chi connectivity index (χ1) is 14.7. The smallest absolute Gasteiger partial charge is 0.131 e. The zero-order chi connectivity index (χ0) is 20.9. The lowest BCUT2D eigenvalue weighted by molar-refractivity contribution is 0.113. The van der Waals surface area contributed by atoms with Gasteiger partial charge < -0.3 is 0 Å². The van der Waals surface area contributed by atoms with Gasteiger partial charge in [0.15, 0.2) is 0 Å². The number of benzene rings is 2. The van der Waals surface area contributed by atoms with Crippen molar-refractivity contribution in [2.75, 3.05) is 0 Å². The monoisotopic (exact) mass is 406 g/mol. The summed E-state index contributed by atoms with van der Waals surface area (Å²) in [7, 11) is 0. The lowest BCUT2D eigenvalue weighted by Crippen LogP contribution is -2.30. The van der Waals surface area contributed by atoms with E-state index in [4.69, 9.17) is 0 Å². The molecule has 0 bridgehead atoms. The molecule has 0 spiro atoms. The number of fused-ring (bicyclic) bond motifs is 2. The van der Waals surface area contributed by atoms with Gasteiger partial charge in [-0.1, -0.05) is 63.0 Å². The molecule has 4 atom stereocenters. The van der Waals surface area contributed by atoms with Crippen molar-refractivity contribution < 1.29 is 4.39 Å². The number of allylic oxidation sites excluding steroid dienone is 2. The summed E-state index contributed by atoms with van der Waals surface area (Å²) in [4.78, 5) is 0. The number of rotatable bonds is 7. The van der Waals surface area contributed by atoms with Crippen LogP contribution in [0.1, 0.15) is 95.1 Å². The topological polar surface area (TPSA) is 0 Å². The van der Waals surface area contributed by atoms with Gasteiger partial charge in [0.1, 0.15) is 5.82 Å². The highest BCUT2D eigenvalue weighted by Crippen LogP contribution is 2.48. The summed E-state index contributed by atoms with van der Waals surface area (Å²) in [5, 5.41) is 1.87. The standard InChI is InChI=1S/C29H39F/c1-3-5-7-9-22-11-13-26-19-27(20-29(30)28(26)17-22)25-15-14-23-16-21(8-6-4-2)10-12-24(23)18-25/h3,5,11,13,17,19-21,23-25H,4,6-10,12,14-16,18H2,1-2H3/b5-3+. The Hall–Kier alpha value is -1.63. The maximum Gasteiger partial charge on any atom is 0.131 e. The van der Waals surface area contributed by atoms with Gasteiger partial charge in [0.25, 0.3) is 0 Å². The average molecular weight is 407 g/mol. The van der Waals surface area contributed by atoms with Crippen LogP contribution in [0.2, 0.25) is 0 Å². The second-order valence-corrected chi connectivity index (χ2v) is 10.0. The van der Waals surface area contributed by atoms with Crippen molar-refractivity contribution in [3.05, 3.63) is 59.4 Å². The largest absolute Gasteiger partial charge is 0.206 e. The minimum atomic E-state index is -0.0271. The van der Waals surface area contributed by atoms with Crippen LogP contribution >= 0.6 is 0 Å². The quantitative estimate of drug-likeness (QED) is 0.402. The Balaban J connectivity index is 1.44. The second kappa shape index (κ2) is 10.1. The molecule has 0 amide bonds. The third kappa shape index (κ3) is 4.98. The molecule has 0 radical (unpaired) electrons. The average Bonchev–Trinajstić information content (AvgIpc) is 2.77. The zero-order valence-electron chi connectivity index (χ0n) is 19.0. The molecule has 2 aliphatic rings. The van der Waals surface area contributed by atoms with E-state index in [9.17, 15) is 0 Å². The van der Waals surface area contributed by atoms with Crippen molar-refractivity contribution in [1.82, 2.24) is 0 Å². The van der Waals surface area contributed by atoms with Gasteiger partial charge in [0.2, 0.25) is 0 Å². The van der Waals surface area contributed by atoms with Gasteiger partial charge in [-0.05, 0) is 104 Å². The summed E-state index contributed by atoms with van der Waals surface area (Å²) in [5.74, 6) is 3.30. The highest BCUT2D eigenvalue weighted by atomic mass is 19.1. The van der Waals surface area contributed by atoms with E-state index in [1.165, 1.54) is 68.9 Å². The molecule has 2 aromatic rings. The minimum Gasteiger partial charge on any atom is -0.206 e. The van der Waals surface area contributed by atoms with Crippen LogP contribution in [-0.2, 0) is 6.42 Å². The van der Waals surface area contributed by atoms with Crippen LogP contribution in [0.25, 0.3) is 10.8 Å². The van der Waals surface area contributed by atoms with Crippen LogP contribution in [0.15, 0.2) is 42.5 Å². The molecule has 0 nitrogen and oxygen atoms in total. The molecule has 30 heavy (non-hydrogen) atoms. The predicted molar refractivity (Wildman–Crippen MR) is 127 cm³/mol. The molecule has 0 saturated heterocycles. The Bertz CT molecular complexity index is 864. The molecule has 0 N–H and O–H groups in total. The van der Waals surface area contributed by atoms with Crippen molar-refractivity contribution in [3.63, 3.8) is 0 Å². The van der Waals surface area contributed by atoms with Crippen molar-refractivity contribution in [2.45, 2.75) is 90.4 Å². The zero-order valence-corrected chi connectivity index (χ0v) is 19.0. The summed E-state index contributed by atoms with van der Waals surface area (Å²) in [5.41, 5.74) is 2.47. The van der Waals surface area contributed by atoms with E-state index >= 15 is 4.39 Å². The Morgan fingerprint density at radius 3 is 2.67 bits per heavy atom. The Kier molecular flexibility index (Phi) is 7.28. The highest BCUT2D eigenvalue weighted by molar-refractivity contribution is 5.84. The van der Waals surface area contributed by atoms with Gasteiger partial charge in [0, 0.05) is 5.39 Å². The first-order valence-electron chi connectivity index (χ1n) is 12.5. The molecule has 1 heteroatoms. The van der Waals surface area contributed by atoms with Crippen molar-refractivity contribution in [3.8, 4) is 0 Å². The molecule has 162 valence electrons. The van der Waals surface area contributed by atoms with Crippen molar-refractivity contribution >= 4 is 10.8 Å². The lowest BCUT2D eigenvalue weighted by Gasteiger charge is -2.42. The molecular weight excluding hydrogens is 367 g/mol. The van der Waals surface area contributed by atoms with Gasteiger partial charge in [-0.25, -0.2) is 4.39 Å². The molecule has 2 aromatic carbocycles. The molecule has 4 rings (SSSR count). The fraction of sp³-hybridized carbons (Fsp3) is 0.586. The van der Waals surface area contributed by atoms with E-state index in [-0.39, 0.29) is 5.82 Å². The number of unbranched alkanes of at least 4 members (excludes halogenated alkanes) is 1. The highest BCUT2D eigenvalue weighted by Gasteiger charge is 2.35. The molecule has 0 aromatic heterocycles. The van der Waals surface area contributed by atoms with E-state index in [0.29, 0.717) is 5.92 Å². The van der Waals surface area contributed by atoms with Gasteiger partial charge in [0.05, 0.1) is 0 Å². The van der Waals surface area contributed by atoms with E-state index < -0.39 is 0 Å². The summed E-state index contributed by atoms with van der Waals surface area (Å²) in [6, 6.07) is 10.5. The van der Waals surface area contributed by atoms with E-state index in [1.807, 2.05) is 13.0 Å².